The molecule has 6 nitrogen and oxygen atoms in total. The standard InChI is InChI=1S/C8H9N3O3S/c1-11-8(9-5-12)6-4-15(13,14)3-2-7(6)10-11/h2-4H2,1H3. The van der Waals surface area contributed by atoms with Crippen LogP contribution in [-0.2, 0) is 33.9 Å². The lowest BCUT2D eigenvalue weighted by atomic mass is 10.2. The molecule has 0 fully saturated rings. The van der Waals surface area contributed by atoms with Gasteiger partial charge < -0.3 is 0 Å². The third-order valence-electron chi connectivity index (χ3n) is 2.36. The molecule has 0 N–H and O–H groups in total. The topological polar surface area (TPSA) is 81.4 Å². The minimum absolute atomic E-state index is 0.0866. The van der Waals surface area contributed by atoms with Crippen LogP contribution in [0.4, 0.5) is 5.82 Å². The number of aromatic nitrogens is 2. The fraction of sp³-hybridized carbons (Fsp3) is 0.500. The Balaban J connectivity index is 2.61. The molecule has 2 rings (SSSR count). The molecule has 1 aliphatic rings. The van der Waals surface area contributed by atoms with E-state index < -0.39 is 9.84 Å². The van der Waals surface area contributed by atoms with Crippen LogP contribution in [0, 0.1) is 0 Å². The Hall–Kier alpha value is -1.46. The summed E-state index contributed by atoms with van der Waals surface area (Å²) in [5.74, 6) is 0.320. The van der Waals surface area contributed by atoms with E-state index in [-0.39, 0.29) is 11.5 Å². The van der Waals surface area contributed by atoms with Crippen LogP contribution < -0.4 is 0 Å². The van der Waals surface area contributed by atoms with Crippen molar-refractivity contribution in [3.63, 3.8) is 0 Å². The molecule has 0 saturated heterocycles. The van der Waals surface area contributed by atoms with Crippen molar-refractivity contribution in [3.05, 3.63) is 11.3 Å². The van der Waals surface area contributed by atoms with Crippen LogP contribution in [-0.4, -0.2) is 30.0 Å². The predicted octanol–water partition coefficient (Wildman–Crippen LogP) is -0.142. The van der Waals surface area contributed by atoms with E-state index in [4.69, 9.17) is 0 Å². The Kier molecular flexibility index (Phi) is 2.21. The summed E-state index contributed by atoms with van der Waals surface area (Å²) < 4.78 is 24.2. The van der Waals surface area contributed by atoms with Crippen molar-refractivity contribution in [1.82, 2.24) is 9.78 Å². The molecule has 1 aliphatic heterocycles. The summed E-state index contributed by atoms with van der Waals surface area (Å²) in [6.45, 7) is 0. The van der Waals surface area contributed by atoms with Gasteiger partial charge >= 0.3 is 0 Å². The quantitative estimate of drug-likeness (QED) is 0.494. The van der Waals surface area contributed by atoms with E-state index >= 15 is 0 Å². The van der Waals surface area contributed by atoms with Gasteiger partial charge in [-0.3, -0.25) is 0 Å². The number of fused-ring (bicyclic) bond motifs is 1. The van der Waals surface area contributed by atoms with Crippen molar-refractivity contribution in [2.45, 2.75) is 12.2 Å². The fourth-order valence-electron chi connectivity index (χ4n) is 1.69. The molecule has 7 heteroatoms. The predicted molar refractivity (Wildman–Crippen MR) is 52.2 cm³/mol. The van der Waals surface area contributed by atoms with Gasteiger partial charge in [-0.2, -0.15) is 5.10 Å². The van der Waals surface area contributed by atoms with E-state index in [0.717, 1.165) is 0 Å². The first kappa shape index (κ1) is 10.1. The van der Waals surface area contributed by atoms with Gasteiger partial charge in [0.15, 0.2) is 15.7 Å². The molecular formula is C8H9N3O3S. The highest BCUT2D eigenvalue weighted by Gasteiger charge is 2.27. The van der Waals surface area contributed by atoms with E-state index in [2.05, 4.69) is 10.1 Å². The fourth-order valence-corrected chi connectivity index (χ4v) is 3.07. The molecule has 0 spiro atoms. The first-order valence-corrected chi connectivity index (χ1v) is 6.18. The van der Waals surface area contributed by atoms with Crippen LogP contribution in [0.25, 0.3) is 0 Å². The Morgan fingerprint density at radius 2 is 2.27 bits per heavy atom. The number of aryl methyl sites for hydroxylation is 2. The maximum absolute atomic E-state index is 11.4. The summed E-state index contributed by atoms with van der Waals surface area (Å²) in [7, 11) is -1.44. The van der Waals surface area contributed by atoms with Crippen LogP contribution in [0.5, 0.6) is 0 Å². The molecule has 15 heavy (non-hydrogen) atoms. The van der Waals surface area contributed by atoms with Gasteiger partial charge in [0, 0.05) is 19.0 Å². The second-order valence-corrected chi connectivity index (χ2v) is 5.60. The van der Waals surface area contributed by atoms with Gasteiger partial charge in [0.2, 0.25) is 6.08 Å². The number of hydrogen-bond donors (Lipinski definition) is 0. The Morgan fingerprint density at radius 3 is 2.93 bits per heavy atom. The molecule has 0 saturated carbocycles. The van der Waals surface area contributed by atoms with Gasteiger partial charge in [0.05, 0.1) is 17.2 Å². The number of carbonyl (C=O) groups excluding carboxylic acids is 1. The third kappa shape index (κ3) is 1.71. The minimum Gasteiger partial charge on any atom is -0.250 e. The van der Waals surface area contributed by atoms with Crippen LogP contribution in [0.15, 0.2) is 4.99 Å². The second kappa shape index (κ2) is 3.29. The van der Waals surface area contributed by atoms with Gasteiger partial charge in [-0.25, -0.2) is 17.9 Å². The van der Waals surface area contributed by atoms with E-state index in [9.17, 15) is 13.2 Å². The molecule has 0 aromatic carbocycles. The smallest absolute Gasteiger partial charge is 0.242 e. The molecule has 0 bridgehead atoms. The zero-order chi connectivity index (χ0) is 11.1. The highest BCUT2D eigenvalue weighted by Crippen LogP contribution is 2.28. The number of sulfone groups is 1. The summed E-state index contributed by atoms with van der Waals surface area (Å²) in [4.78, 5) is 13.7. The second-order valence-electron chi connectivity index (χ2n) is 3.42. The first-order chi connectivity index (χ1) is 7.03. The zero-order valence-electron chi connectivity index (χ0n) is 8.10. The Morgan fingerprint density at radius 1 is 1.53 bits per heavy atom. The molecule has 0 radical (unpaired) electrons. The van der Waals surface area contributed by atoms with Gasteiger partial charge in [-0.1, -0.05) is 0 Å². The molecule has 1 aromatic rings. The lowest BCUT2D eigenvalue weighted by Gasteiger charge is -2.10. The zero-order valence-corrected chi connectivity index (χ0v) is 8.91. The summed E-state index contributed by atoms with van der Waals surface area (Å²) >= 11 is 0. The number of nitrogens with zero attached hydrogens (tertiary/aromatic N) is 3. The summed E-state index contributed by atoms with van der Waals surface area (Å²) in [6, 6.07) is 0. The SMILES string of the molecule is Cn1nc2c(c1N=C=O)CS(=O)(=O)CC2. The van der Waals surface area contributed by atoms with Gasteiger partial charge in [0.1, 0.15) is 0 Å². The summed E-state index contributed by atoms with van der Waals surface area (Å²) in [5, 5.41) is 4.11. The highest BCUT2D eigenvalue weighted by molar-refractivity contribution is 7.90. The Labute approximate surface area is 86.5 Å². The van der Waals surface area contributed by atoms with Crippen LogP contribution >= 0.6 is 0 Å². The molecule has 1 aromatic heterocycles. The average molecular weight is 227 g/mol. The van der Waals surface area contributed by atoms with Crippen molar-refractivity contribution in [3.8, 4) is 0 Å². The van der Waals surface area contributed by atoms with Crippen molar-refractivity contribution >= 4 is 21.7 Å². The molecule has 0 aliphatic carbocycles. The lowest BCUT2D eigenvalue weighted by molar-refractivity contribution is 0.564. The number of isocyanates is 1. The normalized spacial score (nSPS) is 17.9. The lowest BCUT2D eigenvalue weighted by Crippen LogP contribution is -2.18. The van der Waals surface area contributed by atoms with E-state index in [0.29, 0.717) is 23.5 Å². The number of aliphatic imine (C=N–C) groups is 1. The van der Waals surface area contributed by atoms with Crippen LogP contribution in [0.2, 0.25) is 0 Å². The maximum atomic E-state index is 11.4. The number of hydrogen-bond acceptors (Lipinski definition) is 5. The molecule has 80 valence electrons. The largest absolute Gasteiger partial charge is 0.250 e. The molecule has 2 heterocycles. The molecule has 0 amide bonds. The van der Waals surface area contributed by atoms with Crippen molar-refractivity contribution < 1.29 is 13.2 Å². The molecule has 0 unspecified atom stereocenters. The minimum atomic E-state index is -3.07. The maximum Gasteiger partial charge on any atom is 0.242 e. The third-order valence-corrected chi connectivity index (χ3v) is 3.92. The van der Waals surface area contributed by atoms with Crippen molar-refractivity contribution in [1.29, 1.82) is 0 Å². The average Bonchev–Trinajstić information content (AvgIpc) is 2.43. The molecular weight excluding hydrogens is 218 g/mol. The van der Waals surface area contributed by atoms with E-state index in [1.54, 1.807) is 7.05 Å². The highest BCUT2D eigenvalue weighted by atomic mass is 32.2. The number of rotatable bonds is 1. The Bertz CT molecular complexity index is 552. The van der Waals surface area contributed by atoms with Crippen molar-refractivity contribution in [2.75, 3.05) is 5.75 Å². The molecule has 0 atom stereocenters. The van der Waals surface area contributed by atoms with Gasteiger partial charge in [-0.05, 0) is 0 Å². The van der Waals surface area contributed by atoms with Gasteiger partial charge in [0.25, 0.3) is 0 Å². The monoisotopic (exact) mass is 227 g/mol. The van der Waals surface area contributed by atoms with Gasteiger partial charge in [-0.15, -0.1) is 4.99 Å². The van der Waals surface area contributed by atoms with E-state index in [1.165, 1.54) is 10.8 Å². The van der Waals surface area contributed by atoms with Crippen LogP contribution in [0.3, 0.4) is 0 Å². The van der Waals surface area contributed by atoms with Crippen LogP contribution in [0.1, 0.15) is 11.3 Å². The summed E-state index contributed by atoms with van der Waals surface area (Å²) in [6.07, 6.45) is 1.80. The first-order valence-electron chi connectivity index (χ1n) is 4.36. The van der Waals surface area contributed by atoms with E-state index in [1.807, 2.05) is 0 Å². The summed E-state index contributed by atoms with van der Waals surface area (Å²) in [5.41, 5.74) is 1.24. The van der Waals surface area contributed by atoms with Crippen molar-refractivity contribution in [2.24, 2.45) is 12.0 Å².